The number of rotatable bonds is 1. The third-order valence-corrected chi connectivity index (χ3v) is 3.52. The third kappa shape index (κ3) is 1.95. The number of benzene rings is 1. The first-order valence-electron chi connectivity index (χ1n) is 6.66. The van der Waals surface area contributed by atoms with Gasteiger partial charge in [0.1, 0.15) is 0 Å². The van der Waals surface area contributed by atoms with Crippen LogP contribution in [0.25, 0.3) is 10.9 Å². The Kier molecular flexibility index (Phi) is 2.97. The zero-order valence-corrected chi connectivity index (χ0v) is 11.5. The summed E-state index contributed by atoms with van der Waals surface area (Å²) >= 11 is 0. The number of aromatic amines is 1. The lowest BCUT2D eigenvalue weighted by Crippen LogP contribution is -2.39. The molecule has 20 heavy (non-hydrogen) atoms. The van der Waals surface area contributed by atoms with Gasteiger partial charge in [-0.15, -0.1) is 0 Å². The first kappa shape index (κ1) is 12.7. The average molecular weight is 272 g/mol. The van der Waals surface area contributed by atoms with Gasteiger partial charge in [0.15, 0.2) is 5.78 Å². The summed E-state index contributed by atoms with van der Waals surface area (Å²) in [5.74, 6) is -0.0452. The maximum absolute atomic E-state index is 12.3. The first-order valence-corrected chi connectivity index (χ1v) is 6.66. The number of hydrogen-bond donors (Lipinski definition) is 1. The van der Waals surface area contributed by atoms with Crippen LogP contribution >= 0.6 is 0 Å². The van der Waals surface area contributed by atoms with Crippen molar-refractivity contribution in [2.75, 3.05) is 13.2 Å². The number of ketones is 1. The Morgan fingerprint density at radius 3 is 2.95 bits per heavy atom. The molecule has 104 valence electrons. The van der Waals surface area contributed by atoms with Crippen LogP contribution in [0.2, 0.25) is 0 Å². The van der Waals surface area contributed by atoms with Crippen molar-refractivity contribution in [3.8, 4) is 0 Å². The molecule has 1 aliphatic heterocycles. The van der Waals surface area contributed by atoms with E-state index in [1.165, 1.54) is 4.90 Å². The number of Topliss-reactive ketones (excluding diaryl/α,β-unsaturated/α-hetero) is 1. The molecule has 0 bridgehead atoms. The molecule has 1 amide bonds. The third-order valence-electron chi connectivity index (χ3n) is 3.52. The number of nitrogens with zero attached hydrogens (tertiary/aromatic N) is 1. The summed E-state index contributed by atoms with van der Waals surface area (Å²) < 4.78 is 4.96. The van der Waals surface area contributed by atoms with E-state index in [4.69, 9.17) is 4.74 Å². The minimum atomic E-state index is -0.443. The van der Waals surface area contributed by atoms with E-state index in [2.05, 4.69) is 4.98 Å². The van der Waals surface area contributed by atoms with Gasteiger partial charge >= 0.3 is 6.09 Å². The normalized spacial score (nSPS) is 14.5. The zero-order chi connectivity index (χ0) is 14.3. The first-order chi connectivity index (χ1) is 9.60. The molecule has 1 aromatic carbocycles. The fourth-order valence-corrected chi connectivity index (χ4v) is 2.64. The molecule has 1 aromatic heterocycles. The van der Waals surface area contributed by atoms with Gasteiger partial charge in [0.25, 0.3) is 0 Å². The average Bonchev–Trinajstić information content (AvgIpc) is 2.77. The summed E-state index contributed by atoms with van der Waals surface area (Å²) in [5.41, 5.74) is 3.54. The Morgan fingerprint density at radius 2 is 2.20 bits per heavy atom. The molecule has 1 N–H and O–H groups in total. The highest BCUT2D eigenvalue weighted by molar-refractivity contribution is 6.11. The van der Waals surface area contributed by atoms with Crippen molar-refractivity contribution < 1.29 is 14.3 Å². The molecule has 0 atom stereocenters. The number of amides is 1. The largest absolute Gasteiger partial charge is 0.450 e. The molecular formula is C15H16N2O3. The van der Waals surface area contributed by atoms with Gasteiger partial charge in [-0.05, 0) is 26.0 Å². The molecule has 2 heterocycles. The van der Waals surface area contributed by atoms with Gasteiger partial charge in [-0.3, -0.25) is 9.69 Å². The lowest BCUT2D eigenvalue weighted by atomic mass is 10.0. The second-order valence-corrected chi connectivity index (χ2v) is 5.01. The van der Waals surface area contributed by atoms with Gasteiger partial charge in [0, 0.05) is 22.2 Å². The van der Waals surface area contributed by atoms with Crippen LogP contribution in [0.15, 0.2) is 18.2 Å². The van der Waals surface area contributed by atoms with Crippen LogP contribution in [0.4, 0.5) is 4.79 Å². The van der Waals surface area contributed by atoms with Gasteiger partial charge in [-0.2, -0.15) is 0 Å². The Balaban J connectivity index is 2.03. The van der Waals surface area contributed by atoms with E-state index in [0.717, 1.165) is 22.2 Å². The van der Waals surface area contributed by atoms with Crippen LogP contribution in [-0.4, -0.2) is 34.9 Å². The van der Waals surface area contributed by atoms with Crippen LogP contribution < -0.4 is 0 Å². The Labute approximate surface area is 116 Å². The van der Waals surface area contributed by atoms with Gasteiger partial charge in [-0.1, -0.05) is 11.6 Å². The van der Waals surface area contributed by atoms with Crippen molar-refractivity contribution in [3.05, 3.63) is 35.0 Å². The molecule has 1 aliphatic rings. The minimum Gasteiger partial charge on any atom is -0.450 e. The predicted molar refractivity (Wildman–Crippen MR) is 74.8 cm³/mol. The number of aryl methyl sites for hydroxylation is 1. The summed E-state index contributed by atoms with van der Waals surface area (Å²) in [6, 6.07) is 5.96. The van der Waals surface area contributed by atoms with E-state index in [0.29, 0.717) is 18.7 Å². The van der Waals surface area contributed by atoms with Crippen LogP contribution in [0, 0.1) is 6.92 Å². The Hall–Kier alpha value is -2.30. The van der Waals surface area contributed by atoms with Crippen molar-refractivity contribution in [1.82, 2.24) is 9.88 Å². The molecule has 0 spiro atoms. The lowest BCUT2D eigenvalue weighted by molar-refractivity contribution is 0.0797. The SMILES string of the molecule is CCOC(=O)N1CC(=O)c2c([nH]c3ccc(C)cc23)C1. The van der Waals surface area contributed by atoms with Crippen molar-refractivity contribution >= 4 is 22.8 Å². The van der Waals surface area contributed by atoms with E-state index in [-0.39, 0.29) is 12.3 Å². The molecule has 5 nitrogen and oxygen atoms in total. The highest BCUT2D eigenvalue weighted by Crippen LogP contribution is 2.28. The summed E-state index contributed by atoms with van der Waals surface area (Å²) in [5, 5.41) is 0.938. The number of hydrogen-bond acceptors (Lipinski definition) is 3. The van der Waals surface area contributed by atoms with Crippen LogP contribution in [0.3, 0.4) is 0 Å². The number of nitrogens with one attached hydrogen (secondary N) is 1. The molecule has 3 rings (SSSR count). The molecular weight excluding hydrogens is 256 g/mol. The number of H-pyrrole nitrogens is 1. The second kappa shape index (κ2) is 4.67. The van der Waals surface area contributed by atoms with Crippen molar-refractivity contribution in [2.24, 2.45) is 0 Å². The van der Waals surface area contributed by atoms with E-state index < -0.39 is 6.09 Å². The Bertz CT molecular complexity index is 702. The van der Waals surface area contributed by atoms with Crippen LogP contribution in [0.5, 0.6) is 0 Å². The molecule has 5 heteroatoms. The monoisotopic (exact) mass is 272 g/mol. The van der Waals surface area contributed by atoms with Crippen molar-refractivity contribution in [3.63, 3.8) is 0 Å². The summed E-state index contributed by atoms with van der Waals surface area (Å²) in [7, 11) is 0. The molecule has 0 saturated heterocycles. The Morgan fingerprint density at radius 1 is 1.40 bits per heavy atom. The second-order valence-electron chi connectivity index (χ2n) is 5.01. The fourth-order valence-electron chi connectivity index (χ4n) is 2.64. The van der Waals surface area contributed by atoms with Gasteiger partial charge in [0.05, 0.1) is 19.7 Å². The standard InChI is InChI=1S/C15H16N2O3/c1-3-20-15(19)17-7-12-14(13(18)8-17)10-6-9(2)4-5-11(10)16-12/h4-6,16H,3,7-8H2,1-2H3. The zero-order valence-electron chi connectivity index (χ0n) is 11.5. The van der Waals surface area contributed by atoms with Gasteiger partial charge in [-0.25, -0.2) is 4.79 Å². The lowest BCUT2D eigenvalue weighted by Gasteiger charge is -2.25. The maximum Gasteiger partial charge on any atom is 0.410 e. The van der Waals surface area contributed by atoms with Gasteiger partial charge < -0.3 is 9.72 Å². The number of fused-ring (bicyclic) bond motifs is 3. The number of carbonyl (C=O) groups is 2. The molecule has 0 saturated carbocycles. The van der Waals surface area contributed by atoms with Crippen LogP contribution in [0.1, 0.15) is 28.5 Å². The topological polar surface area (TPSA) is 62.4 Å². The highest BCUT2D eigenvalue weighted by Gasteiger charge is 2.30. The minimum absolute atomic E-state index is 0.0452. The number of aromatic nitrogens is 1. The van der Waals surface area contributed by atoms with E-state index >= 15 is 0 Å². The molecule has 0 aliphatic carbocycles. The molecule has 2 aromatic rings. The van der Waals surface area contributed by atoms with E-state index in [1.54, 1.807) is 6.92 Å². The molecule has 0 unspecified atom stereocenters. The molecule has 0 radical (unpaired) electrons. The van der Waals surface area contributed by atoms with E-state index in [1.807, 2.05) is 25.1 Å². The van der Waals surface area contributed by atoms with Gasteiger partial charge in [0.2, 0.25) is 0 Å². The predicted octanol–water partition coefficient (Wildman–Crippen LogP) is 2.63. The smallest absolute Gasteiger partial charge is 0.410 e. The number of carbonyl (C=O) groups excluding carboxylic acids is 2. The molecule has 0 fully saturated rings. The maximum atomic E-state index is 12.3. The quantitative estimate of drug-likeness (QED) is 0.868. The fraction of sp³-hybridized carbons (Fsp3) is 0.333. The summed E-state index contributed by atoms with van der Waals surface area (Å²) in [6.07, 6.45) is -0.443. The number of ether oxygens (including phenoxy) is 1. The van der Waals surface area contributed by atoms with Crippen molar-refractivity contribution in [1.29, 1.82) is 0 Å². The van der Waals surface area contributed by atoms with Crippen LogP contribution in [-0.2, 0) is 11.3 Å². The van der Waals surface area contributed by atoms with E-state index in [9.17, 15) is 9.59 Å². The highest BCUT2D eigenvalue weighted by atomic mass is 16.6. The summed E-state index contributed by atoms with van der Waals surface area (Å²) in [4.78, 5) is 28.7. The van der Waals surface area contributed by atoms with Crippen molar-refractivity contribution in [2.45, 2.75) is 20.4 Å². The summed E-state index contributed by atoms with van der Waals surface area (Å²) in [6.45, 7) is 4.51.